The van der Waals surface area contributed by atoms with Crippen LogP contribution in [0.2, 0.25) is 0 Å². The van der Waals surface area contributed by atoms with Gasteiger partial charge in [0.15, 0.2) is 0 Å². The maximum atomic E-state index is 11.0. The number of hydrogen-bond acceptors (Lipinski definition) is 3. The summed E-state index contributed by atoms with van der Waals surface area (Å²) in [6.45, 7) is 3.69. The van der Waals surface area contributed by atoms with Crippen LogP contribution in [-0.4, -0.2) is 45.2 Å². The van der Waals surface area contributed by atoms with Crippen molar-refractivity contribution in [3.8, 4) is 0 Å². The van der Waals surface area contributed by atoms with Gasteiger partial charge in [0.2, 0.25) is 0 Å². The molecule has 2 fully saturated rings. The van der Waals surface area contributed by atoms with E-state index in [2.05, 4.69) is 0 Å². The minimum absolute atomic E-state index is 0.288. The topological polar surface area (TPSA) is 70.0 Å². The van der Waals surface area contributed by atoms with Gasteiger partial charge in [-0.3, -0.25) is 4.90 Å². The summed E-state index contributed by atoms with van der Waals surface area (Å²) in [5.74, 6) is 0. The van der Waals surface area contributed by atoms with E-state index in [4.69, 9.17) is 9.84 Å². The summed E-state index contributed by atoms with van der Waals surface area (Å²) in [6, 6.07) is -0.407. The molecule has 0 unspecified atom stereocenters. The van der Waals surface area contributed by atoms with Crippen LogP contribution >= 0.6 is 0 Å². The van der Waals surface area contributed by atoms with Crippen molar-refractivity contribution in [3.05, 3.63) is 0 Å². The lowest BCUT2D eigenvalue weighted by molar-refractivity contribution is -0.0481. The van der Waals surface area contributed by atoms with Gasteiger partial charge in [-0.2, -0.15) is 0 Å². The Morgan fingerprint density at radius 1 is 1.50 bits per heavy atom. The molecule has 80 valence electrons. The zero-order valence-electron chi connectivity index (χ0n) is 8.36. The van der Waals surface area contributed by atoms with Crippen molar-refractivity contribution in [2.75, 3.05) is 6.61 Å². The van der Waals surface area contributed by atoms with E-state index in [0.717, 1.165) is 0 Å². The lowest BCUT2D eigenvalue weighted by Crippen LogP contribution is -2.52. The van der Waals surface area contributed by atoms with E-state index in [1.165, 1.54) is 4.90 Å². The summed E-state index contributed by atoms with van der Waals surface area (Å²) in [5, 5.41) is 18.9. The normalized spacial score (nSPS) is 33.1. The van der Waals surface area contributed by atoms with E-state index in [1.54, 1.807) is 13.8 Å². The molecule has 5 nitrogen and oxygen atoms in total. The molecule has 2 rings (SSSR count). The summed E-state index contributed by atoms with van der Waals surface area (Å²) in [6.07, 6.45) is 0.305. The number of hydrogen-bond donors (Lipinski definition) is 2. The third-order valence-corrected chi connectivity index (χ3v) is 3.07. The molecule has 1 aliphatic carbocycles. The highest BCUT2D eigenvalue weighted by Gasteiger charge is 2.58. The van der Waals surface area contributed by atoms with Crippen LogP contribution in [0.4, 0.5) is 4.79 Å². The van der Waals surface area contributed by atoms with Gasteiger partial charge in [0, 0.05) is 0 Å². The molecule has 1 saturated heterocycles. The van der Waals surface area contributed by atoms with Gasteiger partial charge in [-0.15, -0.1) is 0 Å². The van der Waals surface area contributed by atoms with Crippen LogP contribution in [0.3, 0.4) is 0 Å². The van der Waals surface area contributed by atoms with E-state index in [-0.39, 0.29) is 6.61 Å². The van der Waals surface area contributed by atoms with Crippen molar-refractivity contribution in [2.45, 2.75) is 44.1 Å². The summed E-state index contributed by atoms with van der Waals surface area (Å²) >= 11 is 0. The highest BCUT2D eigenvalue weighted by Crippen LogP contribution is 2.45. The maximum absolute atomic E-state index is 11.0. The first kappa shape index (κ1) is 9.73. The first-order valence-electron chi connectivity index (χ1n) is 4.75. The number of carboxylic acid groups (broad SMARTS) is 1. The Morgan fingerprint density at radius 2 is 2.07 bits per heavy atom. The van der Waals surface area contributed by atoms with Crippen LogP contribution in [0.25, 0.3) is 0 Å². The third kappa shape index (κ3) is 1.27. The Morgan fingerprint density at radius 3 is 2.50 bits per heavy atom. The predicted molar refractivity (Wildman–Crippen MR) is 47.9 cm³/mol. The van der Waals surface area contributed by atoms with Gasteiger partial charge in [-0.05, 0) is 26.7 Å². The predicted octanol–water partition coefficient (Wildman–Crippen LogP) is 0.626. The lowest BCUT2D eigenvalue weighted by atomic mass is 10.1. The number of amides is 1. The van der Waals surface area contributed by atoms with Gasteiger partial charge >= 0.3 is 6.09 Å². The van der Waals surface area contributed by atoms with Crippen LogP contribution < -0.4 is 0 Å². The molecule has 1 atom stereocenters. The molecule has 0 aromatic heterocycles. The molecule has 2 aliphatic rings. The molecule has 1 heterocycles. The molecule has 1 amide bonds. The fourth-order valence-electron chi connectivity index (χ4n) is 2.02. The van der Waals surface area contributed by atoms with Crippen molar-refractivity contribution in [3.63, 3.8) is 0 Å². The first-order chi connectivity index (χ1) is 6.37. The third-order valence-electron chi connectivity index (χ3n) is 3.07. The van der Waals surface area contributed by atoms with Crippen LogP contribution in [-0.2, 0) is 4.74 Å². The highest BCUT2D eigenvalue weighted by molar-refractivity contribution is 5.67. The zero-order valence-corrected chi connectivity index (χ0v) is 8.36. The van der Waals surface area contributed by atoms with Crippen LogP contribution in [0.1, 0.15) is 26.7 Å². The first-order valence-corrected chi connectivity index (χ1v) is 4.75. The van der Waals surface area contributed by atoms with E-state index in [9.17, 15) is 9.90 Å². The molecule has 0 radical (unpaired) electrons. The molecule has 0 spiro atoms. The van der Waals surface area contributed by atoms with E-state index in [1.807, 2.05) is 0 Å². The molecule has 0 bridgehead atoms. The van der Waals surface area contributed by atoms with E-state index in [0.29, 0.717) is 12.8 Å². The molecule has 5 heteroatoms. The second kappa shape index (κ2) is 2.61. The zero-order chi connectivity index (χ0) is 10.6. The Balaban J connectivity index is 2.23. The average Bonchev–Trinajstić information content (AvgIpc) is 2.67. The van der Waals surface area contributed by atoms with Crippen molar-refractivity contribution < 1.29 is 19.7 Å². The Labute approximate surface area is 82.3 Å². The molecule has 2 N–H and O–H groups in total. The van der Waals surface area contributed by atoms with E-state index >= 15 is 0 Å². The fraction of sp³-hybridized carbons (Fsp3) is 0.889. The summed E-state index contributed by atoms with van der Waals surface area (Å²) in [5.41, 5.74) is -1.67. The smallest absolute Gasteiger partial charge is 0.410 e. The molecule has 1 saturated carbocycles. The quantitative estimate of drug-likeness (QED) is 0.652. The summed E-state index contributed by atoms with van der Waals surface area (Å²) < 4.78 is 5.38. The van der Waals surface area contributed by atoms with Gasteiger partial charge in [0.05, 0.1) is 18.2 Å². The Kier molecular flexibility index (Phi) is 1.81. The molecule has 0 aromatic carbocycles. The molecule has 0 aromatic rings. The second-order valence-corrected chi connectivity index (χ2v) is 4.53. The second-order valence-electron chi connectivity index (χ2n) is 4.53. The fourth-order valence-corrected chi connectivity index (χ4v) is 2.02. The van der Waals surface area contributed by atoms with Crippen molar-refractivity contribution in [1.29, 1.82) is 0 Å². The van der Waals surface area contributed by atoms with Gasteiger partial charge in [0.1, 0.15) is 5.72 Å². The van der Waals surface area contributed by atoms with Crippen LogP contribution in [0.15, 0.2) is 0 Å². The highest BCUT2D eigenvalue weighted by atomic mass is 16.5. The van der Waals surface area contributed by atoms with Crippen molar-refractivity contribution in [1.82, 2.24) is 4.90 Å². The van der Waals surface area contributed by atoms with Gasteiger partial charge in [-0.1, -0.05) is 0 Å². The lowest BCUT2D eigenvalue weighted by Gasteiger charge is -2.32. The number of carbonyl (C=O) groups is 1. The minimum Gasteiger partial charge on any atom is -0.465 e. The molecule has 1 aliphatic heterocycles. The summed E-state index contributed by atoms with van der Waals surface area (Å²) in [4.78, 5) is 12.3. The van der Waals surface area contributed by atoms with Crippen LogP contribution in [0, 0.1) is 0 Å². The van der Waals surface area contributed by atoms with Gasteiger partial charge < -0.3 is 14.9 Å². The standard InChI is InChI=1S/C9H15NO4/c1-8(2)10(7(11)12)6(5-14-8)9(13)3-4-9/h6,13H,3-5H2,1-2H3,(H,11,12)/t6-/m1/s1. The van der Waals surface area contributed by atoms with E-state index < -0.39 is 23.5 Å². The Bertz CT molecular complexity index is 272. The molecular weight excluding hydrogens is 186 g/mol. The summed E-state index contributed by atoms with van der Waals surface area (Å²) in [7, 11) is 0. The minimum atomic E-state index is -1.03. The molecular formula is C9H15NO4. The number of aliphatic hydroxyl groups is 1. The average molecular weight is 201 g/mol. The number of rotatable bonds is 1. The molecule has 14 heavy (non-hydrogen) atoms. The Hall–Kier alpha value is -0.810. The van der Waals surface area contributed by atoms with Gasteiger partial charge in [-0.25, -0.2) is 4.79 Å². The van der Waals surface area contributed by atoms with Crippen molar-refractivity contribution >= 4 is 6.09 Å². The monoisotopic (exact) mass is 201 g/mol. The number of ether oxygens (including phenoxy) is 1. The van der Waals surface area contributed by atoms with Gasteiger partial charge in [0.25, 0.3) is 0 Å². The maximum Gasteiger partial charge on any atom is 0.410 e. The SMILES string of the molecule is CC1(C)OC[C@H](C2(O)CC2)N1C(=O)O. The number of nitrogens with zero attached hydrogens (tertiary/aromatic N) is 1. The van der Waals surface area contributed by atoms with Crippen molar-refractivity contribution in [2.24, 2.45) is 0 Å². The largest absolute Gasteiger partial charge is 0.465 e. The van der Waals surface area contributed by atoms with Crippen LogP contribution in [0.5, 0.6) is 0 Å².